The van der Waals surface area contributed by atoms with E-state index < -0.39 is 11.5 Å². The predicted molar refractivity (Wildman–Crippen MR) is 123 cm³/mol. The number of carbonyl (C=O) groups is 2. The van der Waals surface area contributed by atoms with E-state index in [-0.39, 0.29) is 24.2 Å². The van der Waals surface area contributed by atoms with Crippen LogP contribution in [0.3, 0.4) is 0 Å². The largest absolute Gasteiger partial charge is 0.497 e. The third-order valence-electron chi connectivity index (χ3n) is 5.44. The minimum Gasteiger partial charge on any atom is -0.497 e. The number of hydrogen-bond acceptors (Lipinski definition) is 6. The van der Waals surface area contributed by atoms with E-state index in [1.165, 1.54) is 26.4 Å². The molecule has 170 valence electrons. The third-order valence-corrected chi connectivity index (χ3v) is 5.44. The van der Waals surface area contributed by atoms with Gasteiger partial charge in [0.1, 0.15) is 23.7 Å². The predicted octanol–water partition coefficient (Wildman–Crippen LogP) is 2.49. The Morgan fingerprint density at radius 3 is 2.45 bits per heavy atom. The van der Waals surface area contributed by atoms with Crippen molar-refractivity contribution in [3.05, 3.63) is 76.2 Å². The summed E-state index contributed by atoms with van der Waals surface area (Å²) in [6.45, 7) is 1.61. The fraction of sp³-hybridized carbons (Fsp3) is 0.250. The van der Waals surface area contributed by atoms with Crippen LogP contribution in [0.15, 0.2) is 59.4 Å². The van der Waals surface area contributed by atoms with Crippen LogP contribution >= 0.6 is 0 Å². The standard InChI is InChI=1S/C24H24N4O5/c1-15-10-16-6-4-5-7-21(16)28(15)24(31)20-8-9-23(30)27(26-20)14-22(29)25-17-11-18(32-2)13-19(12-17)33-3/h4-9,11-13,15H,10,14H2,1-3H3,(H,25,29). The maximum absolute atomic E-state index is 13.2. The molecule has 2 heterocycles. The third kappa shape index (κ3) is 4.57. The monoisotopic (exact) mass is 448 g/mol. The van der Waals surface area contributed by atoms with Crippen molar-refractivity contribution in [3.63, 3.8) is 0 Å². The van der Waals surface area contributed by atoms with Gasteiger partial charge in [-0.05, 0) is 31.0 Å². The number of nitrogens with one attached hydrogen (secondary N) is 1. The van der Waals surface area contributed by atoms with Gasteiger partial charge in [0, 0.05) is 41.7 Å². The quantitative estimate of drug-likeness (QED) is 0.622. The van der Waals surface area contributed by atoms with E-state index in [9.17, 15) is 14.4 Å². The Hall–Kier alpha value is -4.14. The molecule has 9 nitrogen and oxygen atoms in total. The lowest BCUT2D eigenvalue weighted by atomic mass is 10.1. The fourth-order valence-electron chi connectivity index (χ4n) is 3.89. The van der Waals surface area contributed by atoms with Crippen LogP contribution in [-0.4, -0.2) is 41.9 Å². The zero-order valence-corrected chi connectivity index (χ0v) is 18.6. The van der Waals surface area contributed by atoms with Crippen molar-refractivity contribution in [2.45, 2.75) is 25.9 Å². The molecule has 1 atom stereocenters. The average molecular weight is 448 g/mol. The molecule has 0 spiro atoms. The molecule has 4 rings (SSSR count). The zero-order valence-electron chi connectivity index (χ0n) is 18.6. The molecule has 0 saturated heterocycles. The van der Waals surface area contributed by atoms with Gasteiger partial charge in [-0.1, -0.05) is 18.2 Å². The Morgan fingerprint density at radius 1 is 1.06 bits per heavy atom. The summed E-state index contributed by atoms with van der Waals surface area (Å²) < 4.78 is 11.4. The molecule has 1 aliphatic heterocycles. The molecule has 0 bridgehead atoms. The smallest absolute Gasteiger partial charge is 0.278 e. The molecule has 0 aliphatic carbocycles. The molecule has 33 heavy (non-hydrogen) atoms. The summed E-state index contributed by atoms with van der Waals surface area (Å²) in [6.07, 6.45) is 0.744. The molecule has 1 N–H and O–H groups in total. The first-order valence-corrected chi connectivity index (χ1v) is 10.4. The SMILES string of the molecule is COc1cc(NC(=O)Cn2nc(C(=O)N3c4ccccc4CC3C)ccc2=O)cc(OC)c1. The van der Waals surface area contributed by atoms with E-state index >= 15 is 0 Å². The molecule has 2 amide bonds. The number of hydrogen-bond donors (Lipinski definition) is 1. The summed E-state index contributed by atoms with van der Waals surface area (Å²) in [5.41, 5.74) is 1.96. The molecule has 0 fully saturated rings. The van der Waals surface area contributed by atoms with Gasteiger partial charge in [0.05, 0.1) is 14.2 Å². The van der Waals surface area contributed by atoms with E-state index in [0.717, 1.165) is 22.4 Å². The number of aromatic nitrogens is 2. The van der Waals surface area contributed by atoms with Gasteiger partial charge in [0.15, 0.2) is 0 Å². The van der Waals surface area contributed by atoms with Crippen LogP contribution in [0.4, 0.5) is 11.4 Å². The molecular weight excluding hydrogens is 424 g/mol. The summed E-state index contributed by atoms with van der Waals surface area (Å²) in [4.78, 5) is 39.8. The minimum atomic E-state index is -0.486. The normalized spacial score (nSPS) is 14.5. The Balaban J connectivity index is 1.54. The van der Waals surface area contributed by atoms with Crippen LogP contribution in [-0.2, 0) is 17.8 Å². The van der Waals surface area contributed by atoms with Gasteiger partial charge in [-0.3, -0.25) is 14.4 Å². The number of ether oxygens (including phenoxy) is 2. The van der Waals surface area contributed by atoms with Gasteiger partial charge in [-0.15, -0.1) is 0 Å². The maximum Gasteiger partial charge on any atom is 0.278 e. The molecule has 1 aromatic heterocycles. The van der Waals surface area contributed by atoms with Crippen LogP contribution in [0.2, 0.25) is 0 Å². The topological polar surface area (TPSA) is 103 Å². The highest BCUT2D eigenvalue weighted by Gasteiger charge is 2.32. The highest BCUT2D eigenvalue weighted by Crippen LogP contribution is 2.32. The second-order valence-electron chi connectivity index (χ2n) is 7.72. The molecule has 0 radical (unpaired) electrons. The van der Waals surface area contributed by atoms with Crippen LogP contribution in [0.5, 0.6) is 11.5 Å². The van der Waals surface area contributed by atoms with Crippen molar-refractivity contribution in [1.29, 1.82) is 0 Å². The number of para-hydroxylation sites is 1. The van der Waals surface area contributed by atoms with Crippen LogP contribution in [0.1, 0.15) is 23.0 Å². The minimum absolute atomic E-state index is 0.0385. The average Bonchev–Trinajstić information content (AvgIpc) is 3.15. The molecule has 1 aliphatic rings. The van der Waals surface area contributed by atoms with Crippen molar-refractivity contribution in [3.8, 4) is 11.5 Å². The van der Waals surface area contributed by atoms with Crippen molar-refractivity contribution >= 4 is 23.2 Å². The fourth-order valence-corrected chi connectivity index (χ4v) is 3.89. The van der Waals surface area contributed by atoms with Crippen molar-refractivity contribution < 1.29 is 19.1 Å². The van der Waals surface area contributed by atoms with Gasteiger partial charge in [0.25, 0.3) is 11.5 Å². The Kier molecular flexibility index (Phi) is 6.12. The molecule has 0 saturated carbocycles. The zero-order chi connectivity index (χ0) is 23.5. The molecule has 2 aromatic carbocycles. The van der Waals surface area contributed by atoms with Gasteiger partial charge in [-0.2, -0.15) is 5.10 Å². The van der Waals surface area contributed by atoms with Gasteiger partial charge in [-0.25, -0.2) is 4.68 Å². The number of fused-ring (bicyclic) bond motifs is 1. The molecule has 1 unspecified atom stereocenters. The summed E-state index contributed by atoms with van der Waals surface area (Å²) in [7, 11) is 3.01. The van der Waals surface area contributed by atoms with Gasteiger partial charge >= 0.3 is 0 Å². The van der Waals surface area contributed by atoms with E-state index in [1.807, 2.05) is 31.2 Å². The first kappa shape index (κ1) is 22.1. The van der Waals surface area contributed by atoms with E-state index in [4.69, 9.17) is 9.47 Å². The number of methoxy groups -OCH3 is 2. The highest BCUT2D eigenvalue weighted by molar-refractivity contribution is 6.06. The lowest BCUT2D eigenvalue weighted by molar-refractivity contribution is -0.117. The van der Waals surface area contributed by atoms with Crippen LogP contribution < -0.4 is 25.2 Å². The van der Waals surface area contributed by atoms with Crippen molar-refractivity contribution in [2.24, 2.45) is 0 Å². The molecule has 9 heteroatoms. The van der Waals surface area contributed by atoms with Gasteiger partial charge < -0.3 is 19.7 Å². The summed E-state index contributed by atoms with van der Waals surface area (Å²) >= 11 is 0. The van der Waals surface area contributed by atoms with Crippen molar-refractivity contribution in [1.82, 2.24) is 9.78 Å². The number of carbonyl (C=O) groups excluding carboxylic acids is 2. The van der Waals surface area contributed by atoms with Gasteiger partial charge in [0.2, 0.25) is 5.91 Å². The van der Waals surface area contributed by atoms with E-state index in [0.29, 0.717) is 17.2 Å². The molecular formula is C24H24N4O5. The second-order valence-corrected chi connectivity index (χ2v) is 7.72. The highest BCUT2D eigenvalue weighted by atomic mass is 16.5. The second kappa shape index (κ2) is 9.15. The molecule has 3 aromatic rings. The van der Waals surface area contributed by atoms with Crippen LogP contribution in [0.25, 0.3) is 0 Å². The van der Waals surface area contributed by atoms with E-state index in [2.05, 4.69) is 10.4 Å². The number of benzene rings is 2. The maximum atomic E-state index is 13.2. The van der Waals surface area contributed by atoms with Crippen LogP contribution in [0, 0.1) is 0 Å². The number of rotatable bonds is 6. The van der Waals surface area contributed by atoms with E-state index in [1.54, 1.807) is 23.1 Å². The Morgan fingerprint density at radius 2 is 1.76 bits per heavy atom. The summed E-state index contributed by atoms with van der Waals surface area (Å²) in [5, 5.41) is 6.87. The lowest BCUT2D eigenvalue weighted by Gasteiger charge is -2.22. The summed E-state index contributed by atoms with van der Waals surface area (Å²) in [6, 6.07) is 15.2. The Bertz CT molecular complexity index is 1250. The number of amides is 2. The Labute approximate surface area is 190 Å². The lowest BCUT2D eigenvalue weighted by Crippen LogP contribution is -2.38. The first-order chi connectivity index (χ1) is 15.9. The van der Waals surface area contributed by atoms with Crippen molar-refractivity contribution in [2.75, 3.05) is 24.4 Å². The summed E-state index contributed by atoms with van der Waals surface area (Å²) in [5.74, 6) is 0.212. The number of nitrogens with zero attached hydrogens (tertiary/aromatic N) is 3. The first-order valence-electron chi connectivity index (χ1n) is 10.4. The number of anilines is 2.